The van der Waals surface area contributed by atoms with Gasteiger partial charge in [-0.05, 0) is 0 Å². The summed E-state index contributed by atoms with van der Waals surface area (Å²) in [6.45, 7) is 0.00362. The van der Waals surface area contributed by atoms with Crippen molar-refractivity contribution < 1.29 is 13.2 Å². The van der Waals surface area contributed by atoms with Gasteiger partial charge in [-0.1, -0.05) is 11.6 Å². The van der Waals surface area contributed by atoms with Crippen LogP contribution in [0, 0.1) is 0 Å². The van der Waals surface area contributed by atoms with Crippen molar-refractivity contribution >= 4 is 27.5 Å². The van der Waals surface area contributed by atoms with Crippen molar-refractivity contribution in [2.24, 2.45) is 0 Å². The molecule has 1 aromatic heterocycles. The minimum atomic E-state index is -3.32. The Labute approximate surface area is 110 Å². The topological polar surface area (TPSA) is 92.3 Å². The van der Waals surface area contributed by atoms with Gasteiger partial charge in [-0.3, -0.25) is 4.79 Å². The van der Waals surface area contributed by atoms with Crippen molar-refractivity contribution in [2.45, 2.75) is 0 Å². The molecule has 0 spiro atoms. The zero-order chi connectivity index (χ0) is 13.8. The first kappa shape index (κ1) is 14.8. The largest absolute Gasteiger partial charge is 0.350 e. The Morgan fingerprint density at radius 3 is 2.56 bits per heavy atom. The number of carbonyl (C=O) groups is 1. The number of aromatic nitrogens is 2. The minimum absolute atomic E-state index is 0.00362. The average Bonchev–Trinajstić information content (AvgIpc) is 2.29. The van der Waals surface area contributed by atoms with Crippen LogP contribution in [0.5, 0.6) is 0 Å². The number of carbonyl (C=O) groups excluding carboxylic acids is 1. The number of sulfonamides is 1. The number of rotatable bonds is 5. The molecule has 1 N–H and O–H groups in total. The lowest BCUT2D eigenvalue weighted by molar-refractivity contribution is 0.0950. The lowest BCUT2D eigenvalue weighted by Crippen LogP contribution is -2.34. The average molecular weight is 293 g/mol. The molecule has 100 valence electrons. The summed E-state index contributed by atoms with van der Waals surface area (Å²) in [5.41, 5.74) is 0.0849. The van der Waals surface area contributed by atoms with E-state index in [9.17, 15) is 13.2 Å². The minimum Gasteiger partial charge on any atom is -0.350 e. The van der Waals surface area contributed by atoms with Crippen molar-refractivity contribution in [1.29, 1.82) is 0 Å². The van der Waals surface area contributed by atoms with Gasteiger partial charge in [0.2, 0.25) is 10.0 Å². The smallest absolute Gasteiger partial charge is 0.271 e. The maximum absolute atomic E-state index is 11.5. The number of nitrogens with one attached hydrogen (secondary N) is 1. The number of hydrogen-bond donors (Lipinski definition) is 1. The van der Waals surface area contributed by atoms with Gasteiger partial charge in [-0.2, -0.15) is 0 Å². The van der Waals surface area contributed by atoms with Crippen LogP contribution in [0.1, 0.15) is 10.5 Å². The summed E-state index contributed by atoms with van der Waals surface area (Å²) in [5.74, 6) is -0.666. The Morgan fingerprint density at radius 1 is 1.39 bits per heavy atom. The molecule has 1 aromatic rings. The molecule has 1 heterocycles. The molecule has 0 radical (unpaired) electrons. The van der Waals surface area contributed by atoms with Crippen LogP contribution in [0.25, 0.3) is 0 Å². The van der Waals surface area contributed by atoms with Gasteiger partial charge in [-0.25, -0.2) is 22.7 Å². The van der Waals surface area contributed by atoms with E-state index in [0.29, 0.717) is 0 Å². The van der Waals surface area contributed by atoms with Crippen molar-refractivity contribution in [3.8, 4) is 0 Å². The molecule has 0 saturated heterocycles. The normalized spacial score (nSPS) is 11.6. The molecule has 0 bridgehead atoms. The summed E-state index contributed by atoms with van der Waals surface area (Å²) in [4.78, 5) is 19.0. The van der Waals surface area contributed by atoms with Crippen molar-refractivity contribution in [2.75, 3.05) is 26.4 Å². The molecule has 0 unspecified atom stereocenters. The quantitative estimate of drug-likeness (QED) is 0.808. The lowest BCUT2D eigenvalue weighted by atomic mass is 10.4. The van der Waals surface area contributed by atoms with Crippen LogP contribution in [0.2, 0.25) is 5.15 Å². The van der Waals surface area contributed by atoms with Crippen LogP contribution in [-0.2, 0) is 10.0 Å². The third kappa shape index (κ3) is 4.21. The standard InChI is InChI=1S/C9H13ClN4O3S/c1-14(2)18(16,17)4-3-11-9(15)7-5-13-8(10)6-12-7/h5-6H,3-4H2,1-2H3,(H,11,15). The molecule has 18 heavy (non-hydrogen) atoms. The van der Waals surface area contributed by atoms with Crippen molar-refractivity contribution in [3.63, 3.8) is 0 Å². The highest BCUT2D eigenvalue weighted by atomic mass is 35.5. The van der Waals surface area contributed by atoms with E-state index in [0.717, 1.165) is 4.31 Å². The van der Waals surface area contributed by atoms with E-state index in [4.69, 9.17) is 11.6 Å². The van der Waals surface area contributed by atoms with Crippen molar-refractivity contribution in [1.82, 2.24) is 19.6 Å². The molecule has 0 aliphatic heterocycles. The number of halogens is 1. The Kier molecular flexibility index (Phi) is 5.00. The van der Waals surface area contributed by atoms with Gasteiger partial charge >= 0.3 is 0 Å². The zero-order valence-electron chi connectivity index (χ0n) is 9.92. The predicted molar refractivity (Wildman–Crippen MR) is 66.8 cm³/mol. The molecule has 1 rings (SSSR count). The molecule has 0 aromatic carbocycles. The summed E-state index contributed by atoms with van der Waals surface area (Å²) >= 11 is 5.53. The first-order chi connectivity index (χ1) is 8.33. The first-order valence-corrected chi connectivity index (χ1v) is 6.97. The van der Waals surface area contributed by atoms with Crippen LogP contribution in [-0.4, -0.2) is 55.0 Å². The molecule has 9 heteroatoms. The molecular weight excluding hydrogens is 280 g/mol. The van der Waals surface area contributed by atoms with E-state index in [1.165, 1.54) is 26.5 Å². The maximum atomic E-state index is 11.5. The predicted octanol–water partition coefficient (Wildman–Crippen LogP) is -0.249. The third-order valence-corrected chi connectivity index (χ3v) is 4.08. The molecule has 0 saturated carbocycles. The van der Waals surface area contributed by atoms with Gasteiger partial charge in [0.1, 0.15) is 10.8 Å². The number of hydrogen-bond acceptors (Lipinski definition) is 5. The Bertz CT molecular complexity index is 515. The molecule has 0 fully saturated rings. The Morgan fingerprint density at radius 2 is 2.06 bits per heavy atom. The zero-order valence-corrected chi connectivity index (χ0v) is 11.5. The Balaban J connectivity index is 2.50. The van der Waals surface area contributed by atoms with Gasteiger partial charge in [-0.15, -0.1) is 0 Å². The van der Waals surface area contributed by atoms with E-state index in [-0.39, 0.29) is 23.1 Å². The number of nitrogens with zero attached hydrogens (tertiary/aromatic N) is 3. The third-order valence-electron chi connectivity index (χ3n) is 2.05. The van der Waals surface area contributed by atoms with Crippen LogP contribution < -0.4 is 5.32 Å². The highest BCUT2D eigenvalue weighted by Crippen LogP contribution is 2.01. The van der Waals surface area contributed by atoms with E-state index < -0.39 is 15.9 Å². The van der Waals surface area contributed by atoms with E-state index in [1.807, 2.05) is 0 Å². The van der Waals surface area contributed by atoms with Gasteiger partial charge in [0.15, 0.2) is 0 Å². The second-order valence-corrected chi connectivity index (χ2v) is 6.27. The highest BCUT2D eigenvalue weighted by Gasteiger charge is 2.14. The highest BCUT2D eigenvalue weighted by molar-refractivity contribution is 7.89. The van der Waals surface area contributed by atoms with Crippen LogP contribution in [0.4, 0.5) is 0 Å². The van der Waals surface area contributed by atoms with E-state index >= 15 is 0 Å². The molecule has 7 nitrogen and oxygen atoms in total. The van der Waals surface area contributed by atoms with Crippen LogP contribution >= 0.6 is 11.6 Å². The number of amides is 1. The van der Waals surface area contributed by atoms with Gasteiger partial charge in [0, 0.05) is 20.6 Å². The lowest BCUT2D eigenvalue weighted by Gasteiger charge is -2.11. The van der Waals surface area contributed by atoms with E-state index in [1.54, 1.807) is 0 Å². The summed E-state index contributed by atoms with van der Waals surface area (Å²) in [6.07, 6.45) is 2.46. The maximum Gasteiger partial charge on any atom is 0.271 e. The van der Waals surface area contributed by atoms with Gasteiger partial charge < -0.3 is 5.32 Å². The Hall–Kier alpha value is -1.25. The monoisotopic (exact) mass is 292 g/mol. The van der Waals surface area contributed by atoms with Crippen molar-refractivity contribution in [3.05, 3.63) is 23.2 Å². The fourth-order valence-corrected chi connectivity index (χ4v) is 1.82. The fourth-order valence-electron chi connectivity index (χ4n) is 0.996. The fraction of sp³-hybridized carbons (Fsp3) is 0.444. The first-order valence-electron chi connectivity index (χ1n) is 4.99. The molecular formula is C9H13ClN4O3S. The summed E-state index contributed by atoms with van der Waals surface area (Å²) in [6, 6.07) is 0. The van der Waals surface area contributed by atoms with Crippen LogP contribution in [0.15, 0.2) is 12.4 Å². The molecule has 0 aliphatic rings. The second-order valence-electron chi connectivity index (χ2n) is 3.58. The second kappa shape index (κ2) is 6.07. The molecule has 1 amide bonds. The summed E-state index contributed by atoms with van der Waals surface area (Å²) in [5, 5.41) is 2.62. The van der Waals surface area contributed by atoms with Gasteiger partial charge in [0.05, 0.1) is 18.1 Å². The van der Waals surface area contributed by atoms with Crippen LogP contribution in [0.3, 0.4) is 0 Å². The molecule has 0 aliphatic carbocycles. The van der Waals surface area contributed by atoms with Gasteiger partial charge in [0.25, 0.3) is 5.91 Å². The summed E-state index contributed by atoms with van der Waals surface area (Å²) < 4.78 is 23.9. The SMILES string of the molecule is CN(C)S(=O)(=O)CCNC(=O)c1cnc(Cl)cn1. The van der Waals surface area contributed by atoms with E-state index in [2.05, 4.69) is 15.3 Å². The summed E-state index contributed by atoms with van der Waals surface area (Å²) in [7, 11) is -0.457. The molecule has 0 atom stereocenters.